The zero-order chi connectivity index (χ0) is 28.1. The molecule has 208 valence electrons. The first-order valence-corrected chi connectivity index (χ1v) is 15.0. The zero-order valence-corrected chi connectivity index (χ0v) is 24.1. The molecule has 1 saturated carbocycles. The number of nitrogens with zero attached hydrogens (tertiary/aromatic N) is 2. The van der Waals surface area contributed by atoms with Crippen LogP contribution in [0.2, 0.25) is 0 Å². The van der Waals surface area contributed by atoms with Crippen LogP contribution in [0.5, 0.6) is 5.75 Å². The minimum atomic E-state index is -0.237. The largest absolute Gasteiger partial charge is 0.487 e. The minimum Gasteiger partial charge on any atom is -0.487 e. The Morgan fingerprint density at radius 2 is 1.66 bits per heavy atom. The molecule has 4 aromatic carbocycles. The lowest BCUT2D eigenvalue weighted by molar-refractivity contribution is -0.120. The fourth-order valence-electron chi connectivity index (χ4n) is 7.29. The van der Waals surface area contributed by atoms with Crippen LogP contribution in [0.3, 0.4) is 0 Å². The van der Waals surface area contributed by atoms with Gasteiger partial charge < -0.3 is 10.1 Å². The third-order valence-corrected chi connectivity index (χ3v) is 9.34. The number of amides is 1. The number of nitrogens with one attached hydrogen (secondary N) is 1. The van der Waals surface area contributed by atoms with Crippen molar-refractivity contribution in [2.75, 3.05) is 6.54 Å². The maximum Gasteiger partial charge on any atom is 0.224 e. The van der Waals surface area contributed by atoms with Gasteiger partial charge in [0.05, 0.1) is 28.5 Å². The highest BCUT2D eigenvalue weighted by Gasteiger charge is 2.47. The topological polar surface area (TPSA) is 64.1 Å². The van der Waals surface area contributed by atoms with E-state index in [0.717, 1.165) is 63.4 Å². The Bertz CT molecular complexity index is 1780. The van der Waals surface area contributed by atoms with E-state index in [4.69, 9.17) is 14.7 Å². The van der Waals surface area contributed by atoms with Crippen LogP contribution in [0.25, 0.3) is 32.8 Å². The SMILES string of the molecule is C[C@H]1CC[C@H]2[C@H](C1)c1c(c3ccccc3c3nc4ccc(CC(=O)NCCc5ccccc5)cc4nc13)OC2(C)C. The van der Waals surface area contributed by atoms with Gasteiger partial charge in [-0.1, -0.05) is 74.0 Å². The van der Waals surface area contributed by atoms with Crippen molar-refractivity contribution in [1.82, 2.24) is 15.3 Å². The first-order valence-electron chi connectivity index (χ1n) is 15.0. The van der Waals surface area contributed by atoms with Gasteiger partial charge in [0, 0.05) is 28.8 Å². The van der Waals surface area contributed by atoms with E-state index in [1.807, 2.05) is 36.4 Å². The molecule has 41 heavy (non-hydrogen) atoms. The lowest BCUT2D eigenvalue weighted by atomic mass is 9.64. The molecule has 0 bridgehead atoms. The summed E-state index contributed by atoms with van der Waals surface area (Å²) in [5, 5.41) is 5.27. The molecule has 0 unspecified atom stereocenters. The van der Waals surface area contributed by atoms with Crippen molar-refractivity contribution in [2.24, 2.45) is 11.8 Å². The number of hydrogen-bond donors (Lipinski definition) is 1. The quantitative estimate of drug-likeness (QED) is 0.184. The first-order chi connectivity index (χ1) is 19.9. The van der Waals surface area contributed by atoms with E-state index in [-0.39, 0.29) is 11.5 Å². The Kier molecular flexibility index (Phi) is 6.41. The molecule has 0 saturated heterocycles. The van der Waals surface area contributed by atoms with Gasteiger partial charge in [-0.15, -0.1) is 0 Å². The molecule has 2 heterocycles. The molecule has 5 nitrogen and oxygen atoms in total. The maximum absolute atomic E-state index is 12.8. The van der Waals surface area contributed by atoms with Gasteiger partial charge in [0.1, 0.15) is 11.4 Å². The van der Waals surface area contributed by atoms with E-state index < -0.39 is 0 Å². The van der Waals surface area contributed by atoms with E-state index in [2.05, 4.69) is 62.5 Å². The molecule has 1 N–H and O–H groups in total. The molecular formula is C36H37N3O2. The number of ether oxygens (including phenoxy) is 1. The van der Waals surface area contributed by atoms with Crippen LogP contribution < -0.4 is 10.1 Å². The van der Waals surface area contributed by atoms with Gasteiger partial charge in [0.15, 0.2) is 0 Å². The van der Waals surface area contributed by atoms with E-state index in [1.54, 1.807) is 0 Å². The molecule has 2 aliphatic rings. The second kappa shape index (κ2) is 10.1. The van der Waals surface area contributed by atoms with Gasteiger partial charge in [0.2, 0.25) is 5.91 Å². The summed E-state index contributed by atoms with van der Waals surface area (Å²) in [4.78, 5) is 23.3. The van der Waals surface area contributed by atoms with Gasteiger partial charge in [-0.3, -0.25) is 4.79 Å². The molecule has 0 radical (unpaired) electrons. The summed E-state index contributed by atoms with van der Waals surface area (Å²) >= 11 is 0. The number of carbonyl (C=O) groups is 1. The summed E-state index contributed by atoms with van der Waals surface area (Å²) in [6.45, 7) is 7.51. The highest BCUT2D eigenvalue weighted by molar-refractivity contribution is 6.11. The monoisotopic (exact) mass is 543 g/mol. The van der Waals surface area contributed by atoms with Crippen molar-refractivity contribution in [1.29, 1.82) is 0 Å². The standard InChI is InChI=1S/C36H37N3O2/c1-22-13-15-28-27(19-22)32-34-33(25-11-7-8-12-26(25)35(32)41-36(28,2)3)38-29-16-14-24(20-30(29)39-34)21-31(40)37-18-17-23-9-5-4-6-10-23/h4-12,14,16,20,22,27-28H,13,15,17-19,21H2,1-3H3,(H,37,40)/t22-,27-,28-/m0/s1. The predicted molar refractivity (Wildman–Crippen MR) is 165 cm³/mol. The maximum atomic E-state index is 12.8. The molecule has 5 heteroatoms. The molecule has 1 aliphatic heterocycles. The summed E-state index contributed by atoms with van der Waals surface area (Å²) in [5.74, 6) is 2.50. The molecule has 0 spiro atoms. The van der Waals surface area contributed by atoms with Gasteiger partial charge in [-0.05, 0) is 68.2 Å². The summed E-state index contributed by atoms with van der Waals surface area (Å²) in [5.41, 5.74) is 6.73. The van der Waals surface area contributed by atoms with Crippen molar-refractivity contribution in [3.63, 3.8) is 0 Å². The Morgan fingerprint density at radius 3 is 2.49 bits per heavy atom. The summed E-state index contributed by atoms with van der Waals surface area (Å²) in [7, 11) is 0. The third kappa shape index (κ3) is 4.71. The molecule has 5 aromatic rings. The summed E-state index contributed by atoms with van der Waals surface area (Å²) in [6.07, 6.45) is 4.68. The fourth-order valence-corrected chi connectivity index (χ4v) is 7.29. The van der Waals surface area contributed by atoms with Crippen LogP contribution in [-0.4, -0.2) is 28.0 Å². The van der Waals surface area contributed by atoms with Crippen LogP contribution in [0.15, 0.2) is 72.8 Å². The number of aromatic nitrogens is 2. The van der Waals surface area contributed by atoms with Crippen molar-refractivity contribution in [2.45, 2.75) is 64.4 Å². The highest BCUT2D eigenvalue weighted by Crippen LogP contribution is 2.56. The molecule has 1 fully saturated rings. The average molecular weight is 544 g/mol. The summed E-state index contributed by atoms with van der Waals surface area (Å²) < 4.78 is 6.88. The van der Waals surface area contributed by atoms with Crippen molar-refractivity contribution < 1.29 is 9.53 Å². The number of rotatable bonds is 5. The average Bonchev–Trinajstić information content (AvgIpc) is 2.96. The van der Waals surface area contributed by atoms with Gasteiger partial charge in [-0.25, -0.2) is 9.97 Å². The fraction of sp³-hybridized carbons (Fsp3) is 0.361. The Balaban J connectivity index is 1.28. The Hall–Kier alpha value is -3.99. The van der Waals surface area contributed by atoms with E-state index in [0.29, 0.717) is 30.7 Å². The molecule has 1 aliphatic carbocycles. The molecule has 1 aromatic heterocycles. The van der Waals surface area contributed by atoms with E-state index in [1.165, 1.54) is 17.5 Å². The molecule has 7 rings (SSSR count). The van der Waals surface area contributed by atoms with E-state index in [9.17, 15) is 4.79 Å². The molecular weight excluding hydrogens is 506 g/mol. The predicted octanol–water partition coefficient (Wildman–Crippen LogP) is 7.53. The number of carbonyl (C=O) groups excluding carboxylic acids is 1. The van der Waals surface area contributed by atoms with Crippen molar-refractivity contribution in [3.8, 4) is 5.75 Å². The lowest BCUT2D eigenvalue weighted by Crippen LogP contribution is -2.46. The van der Waals surface area contributed by atoms with Crippen LogP contribution in [0, 0.1) is 11.8 Å². The van der Waals surface area contributed by atoms with E-state index >= 15 is 0 Å². The normalized spacial score (nSPS) is 21.3. The van der Waals surface area contributed by atoms with Crippen molar-refractivity contribution >= 4 is 38.7 Å². The Labute approximate surface area is 241 Å². The minimum absolute atomic E-state index is 0.0204. The van der Waals surface area contributed by atoms with Crippen LogP contribution >= 0.6 is 0 Å². The first kappa shape index (κ1) is 25.9. The van der Waals surface area contributed by atoms with Gasteiger partial charge in [-0.2, -0.15) is 0 Å². The van der Waals surface area contributed by atoms with Crippen LogP contribution in [-0.2, 0) is 17.6 Å². The van der Waals surface area contributed by atoms with Crippen LogP contribution in [0.4, 0.5) is 0 Å². The van der Waals surface area contributed by atoms with Crippen molar-refractivity contribution in [3.05, 3.63) is 89.5 Å². The lowest BCUT2D eigenvalue weighted by Gasteiger charge is -2.49. The second-order valence-electron chi connectivity index (χ2n) is 12.6. The van der Waals surface area contributed by atoms with Gasteiger partial charge >= 0.3 is 0 Å². The third-order valence-electron chi connectivity index (χ3n) is 9.34. The molecule has 1 amide bonds. The number of fused-ring (bicyclic) bond motifs is 9. The van der Waals surface area contributed by atoms with Crippen LogP contribution in [0.1, 0.15) is 62.6 Å². The number of hydrogen-bond acceptors (Lipinski definition) is 4. The smallest absolute Gasteiger partial charge is 0.224 e. The van der Waals surface area contributed by atoms with Gasteiger partial charge in [0.25, 0.3) is 0 Å². The zero-order valence-electron chi connectivity index (χ0n) is 24.1. The summed E-state index contributed by atoms with van der Waals surface area (Å²) in [6, 6.07) is 24.7. The molecule has 3 atom stereocenters. The Morgan fingerprint density at radius 1 is 0.902 bits per heavy atom. The second-order valence-corrected chi connectivity index (χ2v) is 12.6. The number of benzene rings is 4. The highest BCUT2D eigenvalue weighted by atomic mass is 16.5.